The second kappa shape index (κ2) is 53.1. The van der Waals surface area contributed by atoms with Gasteiger partial charge in [0, 0.05) is 19.8 Å². The van der Waals surface area contributed by atoms with E-state index < -0.39 is 155 Å². The molecule has 18 unspecified atom stereocenters. The van der Waals surface area contributed by atoms with E-state index in [1.165, 1.54) is 167 Å². The van der Waals surface area contributed by atoms with Crippen molar-refractivity contribution in [3.05, 3.63) is 24.3 Å². The summed E-state index contributed by atoms with van der Waals surface area (Å²) in [7, 11) is 0. The molecule has 3 saturated heterocycles. The summed E-state index contributed by atoms with van der Waals surface area (Å²) in [6.07, 6.45) is 26.4. The van der Waals surface area contributed by atoms with E-state index in [4.69, 9.17) is 28.4 Å². The van der Waals surface area contributed by atoms with Crippen molar-refractivity contribution in [2.45, 2.75) is 394 Å². The summed E-state index contributed by atoms with van der Waals surface area (Å²) >= 11 is 0. The average molecular weight is 1380 g/mol. The van der Waals surface area contributed by atoms with E-state index in [1.54, 1.807) is 6.08 Å². The molecule has 3 aliphatic heterocycles. The lowest BCUT2D eigenvalue weighted by molar-refractivity contribution is -0.386. The predicted octanol–water partition coefficient (Wildman–Crippen LogP) is 8.40. The standard InChI is InChI=1S/C73H134N2O21/c1-4-6-8-10-12-14-16-18-20-22-24-25-26-27-29-30-32-34-36-38-40-42-44-46-55(80)54(75-60(83)47-45-43-41-39-37-35-33-31-28-23-21-19-17-15-13-11-9-7-5-2)52-91-70-65(87)64(86)67(59(51-78)93-70)94-71-66(88)69(63(85)58(50-77)92-71)96-73(72(89)90)48-56(81)61(74-53(3)79)68(95-73)62(84)57(82)49-76/h23,28,44,46,54-59,61-71,76-78,80-82,84-88H,4-22,24-27,29-43,45,47-52H2,1-3H3,(H,74,79)(H,75,83)(H,89,90)/b28-23-,46-44+. The van der Waals surface area contributed by atoms with Gasteiger partial charge in [-0.2, -0.15) is 0 Å². The maximum absolute atomic E-state index is 13.5. The predicted molar refractivity (Wildman–Crippen MR) is 366 cm³/mol. The van der Waals surface area contributed by atoms with Gasteiger partial charge in [-0.1, -0.05) is 244 Å². The van der Waals surface area contributed by atoms with Crippen molar-refractivity contribution >= 4 is 17.8 Å². The summed E-state index contributed by atoms with van der Waals surface area (Å²) in [5, 5.41) is 136. The van der Waals surface area contributed by atoms with Gasteiger partial charge in [0.15, 0.2) is 12.6 Å². The maximum Gasteiger partial charge on any atom is 0.364 e. The number of nitrogens with one attached hydrogen (secondary N) is 2. The highest BCUT2D eigenvalue weighted by atomic mass is 16.8. The van der Waals surface area contributed by atoms with Gasteiger partial charge < -0.3 is 100 Å². The zero-order valence-electron chi connectivity index (χ0n) is 59.0. The van der Waals surface area contributed by atoms with E-state index in [2.05, 4.69) is 36.6 Å². The van der Waals surface area contributed by atoms with Gasteiger partial charge in [-0.15, -0.1) is 0 Å². The second-order valence-electron chi connectivity index (χ2n) is 27.5. The number of aliphatic hydroxyl groups excluding tert-OH is 11. The number of ether oxygens (including phenoxy) is 6. The molecule has 0 bridgehead atoms. The van der Waals surface area contributed by atoms with Crippen LogP contribution in [-0.2, 0) is 42.8 Å². The van der Waals surface area contributed by atoms with Crippen LogP contribution in [0.5, 0.6) is 0 Å². The number of aliphatic carboxylic acids is 1. The molecule has 0 saturated carbocycles. The van der Waals surface area contributed by atoms with Gasteiger partial charge in [-0.25, -0.2) is 4.79 Å². The fourth-order valence-electron chi connectivity index (χ4n) is 13.1. The Kier molecular flexibility index (Phi) is 48.3. The molecule has 562 valence electrons. The molecule has 18 atom stereocenters. The number of hydrogen-bond donors (Lipinski definition) is 14. The highest BCUT2D eigenvalue weighted by Crippen LogP contribution is 2.39. The van der Waals surface area contributed by atoms with Crippen molar-refractivity contribution < 1.29 is 104 Å². The number of carboxylic acids is 1. The molecule has 0 radical (unpaired) electrons. The molecule has 0 aromatic rings. The van der Waals surface area contributed by atoms with Crippen LogP contribution in [0.4, 0.5) is 0 Å². The van der Waals surface area contributed by atoms with Gasteiger partial charge in [0.05, 0.1) is 50.7 Å². The third-order valence-electron chi connectivity index (χ3n) is 19.1. The lowest BCUT2D eigenvalue weighted by atomic mass is 9.88. The van der Waals surface area contributed by atoms with E-state index in [-0.39, 0.29) is 12.3 Å². The molecular formula is C73H134N2O21. The molecule has 0 aromatic carbocycles. The summed E-state index contributed by atoms with van der Waals surface area (Å²) in [5.74, 6) is -6.14. The van der Waals surface area contributed by atoms with Crippen molar-refractivity contribution in [1.29, 1.82) is 0 Å². The first-order valence-corrected chi connectivity index (χ1v) is 37.7. The molecule has 96 heavy (non-hydrogen) atoms. The number of allylic oxidation sites excluding steroid dienone is 3. The maximum atomic E-state index is 13.5. The lowest BCUT2D eigenvalue weighted by Crippen LogP contribution is -2.70. The fraction of sp³-hybridized carbons (Fsp3) is 0.904. The lowest BCUT2D eigenvalue weighted by Gasteiger charge is -2.50. The zero-order chi connectivity index (χ0) is 70.4. The van der Waals surface area contributed by atoms with Crippen molar-refractivity contribution in [1.82, 2.24) is 10.6 Å². The Hall–Kier alpha value is -2.79. The summed E-state index contributed by atoms with van der Waals surface area (Å²) in [6, 6.07) is -2.62. The summed E-state index contributed by atoms with van der Waals surface area (Å²) < 4.78 is 34.9. The van der Waals surface area contributed by atoms with Crippen LogP contribution in [0.1, 0.15) is 284 Å². The highest BCUT2D eigenvalue weighted by Gasteiger charge is 2.60. The molecule has 3 rings (SSSR count). The Bertz CT molecular complexity index is 2030. The van der Waals surface area contributed by atoms with Gasteiger partial charge in [0.2, 0.25) is 11.8 Å². The van der Waals surface area contributed by atoms with Crippen LogP contribution < -0.4 is 10.6 Å². The Labute approximate surface area is 574 Å². The SMILES string of the molecule is CCCCCCCCCC/C=C\CCCCCCCCCC(=O)NC(COC1OC(CO)C(OC2OC(CO)C(O)C(OC3(C(=O)O)CC(O)C(NC(C)=O)C(C(O)C(O)CO)O3)C2O)C(O)C1O)C(O)/C=C/CCCCCCCCCCCCCCCCCCCCCCC. The third-order valence-corrected chi connectivity index (χ3v) is 19.1. The third kappa shape index (κ3) is 34.3. The molecule has 23 heteroatoms. The minimum atomic E-state index is -3.08. The Balaban J connectivity index is 1.57. The quantitative estimate of drug-likeness (QED) is 0.0201. The topological polar surface area (TPSA) is 373 Å². The van der Waals surface area contributed by atoms with Crippen LogP contribution in [0.15, 0.2) is 24.3 Å². The molecule has 0 aliphatic carbocycles. The number of carbonyl (C=O) groups is 3. The van der Waals surface area contributed by atoms with Gasteiger partial charge in [-0.05, 0) is 44.9 Å². The van der Waals surface area contributed by atoms with Crippen LogP contribution in [0, 0.1) is 0 Å². The van der Waals surface area contributed by atoms with Gasteiger partial charge >= 0.3 is 5.97 Å². The van der Waals surface area contributed by atoms with Crippen LogP contribution in [0.25, 0.3) is 0 Å². The van der Waals surface area contributed by atoms with E-state index in [1.807, 2.05) is 6.08 Å². The molecular weight excluding hydrogens is 1240 g/mol. The normalized spacial score (nSPS) is 27.7. The van der Waals surface area contributed by atoms with E-state index in [9.17, 15) is 75.7 Å². The first-order chi connectivity index (χ1) is 46.4. The molecule has 23 nitrogen and oxygen atoms in total. The smallest absolute Gasteiger partial charge is 0.364 e. The number of aliphatic hydroxyl groups is 11. The van der Waals surface area contributed by atoms with Crippen molar-refractivity contribution in [3.63, 3.8) is 0 Å². The summed E-state index contributed by atoms with van der Waals surface area (Å²) in [5.41, 5.74) is 0. The van der Waals surface area contributed by atoms with Crippen molar-refractivity contribution in [2.75, 3.05) is 26.4 Å². The highest BCUT2D eigenvalue weighted by molar-refractivity contribution is 5.77. The largest absolute Gasteiger partial charge is 0.477 e. The Morgan fingerprint density at radius 3 is 1.42 bits per heavy atom. The monoisotopic (exact) mass is 1370 g/mol. The van der Waals surface area contributed by atoms with Gasteiger partial charge in [0.1, 0.15) is 67.1 Å². The first-order valence-electron chi connectivity index (χ1n) is 37.7. The molecule has 0 spiro atoms. The minimum absolute atomic E-state index is 0.196. The molecule has 14 N–H and O–H groups in total. The number of carboxylic acid groups (broad SMARTS) is 1. The zero-order valence-corrected chi connectivity index (χ0v) is 59.0. The molecule has 3 heterocycles. The van der Waals surface area contributed by atoms with Crippen molar-refractivity contribution in [2.24, 2.45) is 0 Å². The van der Waals surface area contributed by atoms with E-state index in [0.717, 1.165) is 77.6 Å². The van der Waals surface area contributed by atoms with Crippen LogP contribution >= 0.6 is 0 Å². The second-order valence-corrected chi connectivity index (χ2v) is 27.5. The number of hydrogen-bond acceptors (Lipinski definition) is 20. The van der Waals surface area contributed by atoms with E-state index >= 15 is 0 Å². The fourth-order valence-corrected chi connectivity index (χ4v) is 13.1. The number of carbonyl (C=O) groups excluding carboxylic acids is 2. The molecule has 3 fully saturated rings. The van der Waals surface area contributed by atoms with Gasteiger partial charge in [0.25, 0.3) is 5.79 Å². The number of rotatable bonds is 58. The van der Waals surface area contributed by atoms with Crippen molar-refractivity contribution in [3.8, 4) is 0 Å². The molecule has 2 amide bonds. The molecule has 0 aromatic heterocycles. The average Bonchev–Trinajstić information content (AvgIpc) is 0.758. The van der Waals surface area contributed by atoms with E-state index in [0.29, 0.717) is 12.8 Å². The Morgan fingerprint density at radius 2 is 0.979 bits per heavy atom. The van der Waals surface area contributed by atoms with Gasteiger partial charge in [-0.3, -0.25) is 9.59 Å². The number of unbranched alkanes of at least 4 members (excludes halogenated alkanes) is 36. The summed E-state index contributed by atoms with van der Waals surface area (Å²) in [6.45, 7) is 2.16. The molecule has 3 aliphatic rings. The van der Waals surface area contributed by atoms with Crippen LogP contribution in [-0.4, -0.2) is 215 Å². The number of amides is 2. The first kappa shape index (κ1) is 87.4. The van der Waals surface area contributed by atoms with Crippen LogP contribution in [0.2, 0.25) is 0 Å². The minimum Gasteiger partial charge on any atom is -0.477 e. The Morgan fingerprint density at radius 1 is 0.542 bits per heavy atom. The summed E-state index contributed by atoms with van der Waals surface area (Å²) in [4.78, 5) is 38.6. The van der Waals surface area contributed by atoms with Crippen LogP contribution in [0.3, 0.4) is 0 Å².